The van der Waals surface area contributed by atoms with Crippen molar-refractivity contribution in [2.45, 2.75) is 55.6 Å². The zero-order chi connectivity index (χ0) is 29.3. The predicted octanol–water partition coefficient (Wildman–Crippen LogP) is 3.52. The van der Waals surface area contributed by atoms with Crippen molar-refractivity contribution in [2.75, 3.05) is 35.8 Å². The van der Waals surface area contributed by atoms with Gasteiger partial charge in [0.25, 0.3) is 15.9 Å². The van der Waals surface area contributed by atoms with Crippen LogP contribution < -0.4 is 20.3 Å². The molecule has 2 fully saturated rings. The van der Waals surface area contributed by atoms with Gasteiger partial charge in [-0.3, -0.25) is 9.52 Å². The Balaban J connectivity index is 0.000000559. The number of benzene rings is 1. The molecule has 0 atom stereocenters. The molecule has 1 saturated carbocycles. The Bertz CT molecular complexity index is 1260. The van der Waals surface area contributed by atoms with Crippen LogP contribution in [-0.4, -0.2) is 68.8 Å². The Morgan fingerprint density at radius 2 is 1.60 bits per heavy atom. The van der Waals surface area contributed by atoms with Crippen molar-refractivity contribution in [3.8, 4) is 0 Å². The van der Waals surface area contributed by atoms with Crippen LogP contribution in [0.25, 0.3) is 0 Å². The van der Waals surface area contributed by atoms with Gasteiger partial charge >= 0.3 is 12.1 Å². The van der Waals surface area contributed by atoms with Gasteiger partial charge in [0, 0.05) is 32.2 Å². The van der Waals surface area contributed by atoms with Gasteiger partial charge in [0.2, 0.25) is 0 Å². The van der Waals surface area contributed by atoms with Crippen LogP contribution in [0.2, 0.25) is 0 Å². The van der Waals surface area contributed by atoms with Crippen LogP contribution in [0.3, 0.4) is 0 Å². The Morgan fingerprint density at radius 1 is 1.02 bits per heavy atom. The molecule has 2 heterocycles. The van der Waals surface area contributed by atoms with E-state index in [1.165, 1.54) is 37.2 Å². The molecule has 40 heavy (non-hydrogen) atoms. The minimum Gasteiger partial charge on any atom is -0.475 e. The van der Waals surface area contributed by atoms with E-state index in [1.54, 1.807) is 0 Å². The van der Waals surface area contributed by atoms with E-state index >= 15 is 0 Å². The molecular weight excluding hydrogens is 558 g/mol. The molecule has 1 aromatic heterocycles. The highest BCUT2D eigenvalue weighted by atomic mass is 32.2. The fraction of sp³-hybridized carbons (Fsp3) is 0.480. The monoisotopic (exact) mass is 589 g/mol. The molecule has 4 rings (SSSR count). The lowest BCUT2D eigenvalue weighted by molar-refractivity contribution is -0.192. The van der Waals surface area contributed by atoms with E-state index in [1.807, 2.05) is 4.90 Å². The van der Waals surface area contributed by atoms with Crippen LogP contribution in [0.1, 0.15) is 48.9 Å². The lowest BCUT2D eigenvalue weighted by Crippen LogP contribution is -2.45. The molecule has 2 aliphatic rings. The Kier molecular flexibility index (Phi) is 10.7. The van der Waals surface area contributed by atoms with Crippen molar-refractivity contribution in [1.82, 2.24) is 15.6 Å². The summed E-state index contributed by atoms with van der Waals surface area (Å²) in [5.74, 6) is -2.97. The van der Waals surface area contributed by atoms with Crippen molar-refractivity contribution in [3.05, 3.63) is 47.9 Å². The van der Waals surface area contributed by atoms with Gasteiger partial charge in [-0.2, -0.15) is 13.2 Å². The predicted molar refractivity (Wildman–Crippen MR) is 139 cm³/mol. The number of aliphatic carboxylic acids is 1. The zero-order valence-corrected chi connectivity index (χ0v) is 22.3. The first-order chi connectivity index (χ1) is 18.9. The van der Waals surface area contributed by atoms with Crippen LogP contribution >= 0.6 is 0 Å². The van der Waals surface area contributed by atoms with Crippen molar-refractivity contribution >= 4 is 33.4 Å². The summed E-state index contributed by atoms with van der Waals surface area (Å²) in [6, 6.07) is 6.21. The quantitative estimate of drug-likeness (QED) is 0.297. The number of sulfonamides is 1. The molecule has 1 aliphatic carbocycles. The second-order valence-corrected chi connectivity index (χ2v) is 11.0. The molecule has 10 nitrogen and oxygen atoms in total. The van der Waals surface area contributed by atoms with E-state index in [-0.39, 0.29) is 22.5 Å². The maximum Gasteiger partial charge on any atom is 0.490 e. The Labute approximate surface area is 229 Å². The fourth-order valence-electron chi connectivity index (χ4n) is 4.32. The molecule has 4 N–H and O–H groups in total. The zero-order valence-electron chi connectivity index (χ0n) is 21.5. The van der Waals surface area contributed by atoms with Gasteiger partial charge in [0.1, 0.15) is 11.6 Å². The molecule has 0 bridgehead atoms. The van der Waals surface area contributed by atoms with Gasteiger partial charge in [0.15, 0.2) is 0 Å². The number of hydrogen-bond donors (Lipinski definition) is 4. The number of hydrogen-bond acceptors (Lipinski definition) is 7. The number of nitrogens with one attached hydrogen (secondary N) is 3. The third-order valence-corrected chi connectivity index (χ3v) is 7.73. The number of aromatic nitrogens is 1. The number of nitrogens with zero attached hydrogens (tertiary/aromatic N) is 2. The number of amides is 1. The maximum absolute atomic E-state index is 13.3. The SMILES string of the molecule is O=C(NC1CCCCCC1)c1cc(NS(=O)(=O)c2ccc(F)cc2)cnc1N1CCNCC1.O=C(O)C(F)(F)F. The minimum absolute atomic E-state index is 0.0699. The summed E-state index contributed by atoms with van der Waals surface area (Å²) in [6.07, 6.45) is 2.76. The molecule has 15 heteroatoms. The van der Waals surface area contributed by atoms with Crippen LogP contribution in [-0.2, 0) is 14.8 Å². The third kappa shape index (κ3) is 9.05. The number of carbonyl (C=O) groups is 2. The van der Waals surface area contributed by atoms with Gasteiger partial charge in [-0.25, -0.2) is 22.6 Å². The van der Waals surface area contributed by atoms with Crippen LogP contribution in [0.5, 0.6) is 0 Å². The molecule has 0 unspecified atom stereocenters. The number of rotatable bonds is 6. The maximum atomic E-state index is 13.3. The number of piperazine rings is 1. The first-order valence-corrected chi connectivity index (χ1v) is 14.2. The lowest BCUT2D eigenvalue weighted by atomic mass is 10.1. The van der Waals surface area contributed by atoms with Gasteiger partial charge in [-0.15, -0.1) is 0 Å². The number of anilines is 2. The van der Waals surface area contributed by atoms with Crippen molar-refractivity contribution in [3.63, 3.8) is 0 Å². The summed E-state index contributed by atoms with van der Waals surface area (Å²) in [5, 5.41) is 13.5. The Morgan fingerprint density at radius 3 is 2.15 bits per heavy atom. The topological polar surface area (TPSA) is 141 Å². The average Bonchev–Trinajstić information content (AvgIpc) is 3.17. The highest BCUT2D eigenvalue weighted by Crippen LogP contribution is 2.25. The highest BCUT2D eigenvalue weighted by molar-refractivity contribution is 7.92. The van der Waals surface area contributed by atoms with Crippen LogP contribution in [0, 0.1) is 5.82 Å². The normalized spacial score (nSPS) is 16.8. The number of pyridine rings is 1. The number of carboxylic acids is 1. The molecule has 1 saturated heterocycles. The average molecular weight is 590 g/mol. The van der Waals surface area contributed by atoms with Crippen molar-refractivity contribution < 1.29 is 40.7 Å². The summed E-state index contributed by atoms with van der Waals surface area (Å²) >= 11 is 0. The highest BCUT2D eigenvalue weighted by Gasteiger charge is 2.38. The summed E-state index contributed by atoms with van der Waals surface area (Å²) in [5.41, 5.74) is 0.532. The van der Waals surface area contributed by atoms with E-state index in [2.05, 4.69) is 20.3 Å². The van der Waals surface area contributed by atoms with E-state index in [0.29, 0.717) is 24.5 Å². The first kappa shape index (κ1) is 31.1. The van der Waals surface area contributed by atoms with Crippen molar-refractivity contribution in [2.24, 2.45) is 0 Å². The molecule has 0 radical (unpaired) electrons. The molecule has 2 aromatic rings. The number of carboxylic acid groups (broad SMARTS) is 1. The molecule has 1 aromatic carbocycles. The summed E-state index contributed by atoms with van der Waals surface area (Å²) in [4.78, 5) is 28.6. The molecular formula is C25H31F4N5O5S. The molecule has 0 spiro atoms. The second-order valence-electron chi connectivity index (χ2n) is 9.36. The van der Waals surface area contributed by atoms with Crippen molar-refractivity contribution in [1.29, 1.82) is 0 Å². The Hall–Kier alpha value is -3.46. The van der Waals surface area contributed by atoms with Gasteiger partial charge < -0.3 is 20.6 Å². The fourth-order valence-corrected chi connectivity index (χ4v) is 5.36. The number of carbonyl (C=O) groups excluding carboxylic acids is 1. The first-order valence-electron chi connectivity index (χ1n) is 12.7. The summed E-state index contributed by atoms with van der Waals surface area (Å²) in [7, 11) is -3.95. The largest absolute Gasteiger partial charge is 0.490 e. The third-order valence-electron chi connectivity index (χ3n) is 6.34. The lowest BCUT2D eigenvalue weighted by Gasteiger charge is -2.30. The van der Waals surface area contributed by atoms with Gasteiger partial charge in [-0.1, -0.05) is 25.7 Å². The van der Waals surface area contributed by atoms with E-state index < -0.39 is 28.0 Å². The standard InChI is InChI=1S/C23H30FN5O3S.C2HF3O2/c24-17-7-9-20(10-8-17)33(31,32)28-19-15-21(22(26-16-19)29-13-11-25-12-14-29)23(30)27-18-5-3-1-2-4-6-18;3-2(4,5)1(6)7/h7-10,15-16,18,25,28H,1-6,11-14H2,(H,27,30);(H,6,7). The van der Waals surface area contributed by atoms with Crippen LogP contribution in [0.4, 0.5) is 29.1 Å². The van der Waals surface area contributed by atoms with Crippen LogP contribution in [0.15, 0.2) is 41.4 Å². The molecule has 220 valence electrons. The van der Waals surface area contributed by atoms with E-state index in [4.69, 9.17) is 9.90 Å². The molecule has 1 amide bonds. The van der Waals surface area contributed by atoms with Gasteiger partial charge in [0.05, 0.1) is 22.3 Å². The number of alkyl halides is 3. The second kappa shape index (κ2) is 13.7. The summed E-state index contributed by atoms with van der Waals surface area (Å²) < 4.78 is 72.9. The number of halogens is 4. The van der Waals surface area contributed by atoms with Gasteiger partial charge in [-0.05, 0) is 43.2 Å². The van der Waals surface area contributed by atoms with E-state index in [0.717, 1.165) is 50.9 Å². The van der Waals surface area contributed by atoms with E-state index in [9.17, 15) is 30.8 Å². The minimum atomic E-state index is -5.08. The molecule has 1 aliphatic heterocycles. The smallest absolute Gasteiger partial charge is 0.475 e. The summed E-state index contributed by atoms with van der Waals surface area (Å²) in [6.45, 7) is 2.98.